The van der Waals surface area contributed by atoms with Crippen LogP contribution in [0.25, 0.3) is 0 Å². The molecule has 9 heteroatoms. The Morgan fingerprint density at radius 3 is 2.24 bits per heavy atom. The van der Waals surface area contributed by atoms with Crippen LogP contribution in [0.2, 0.25) is 0 Å². The van der Waals surface area contributed by atoms with Gasteiger partial charge in [-0.25, -0.2) is 4.79 Å². The van der Waals surface area contributed by atoms with E-state index >= 15 is 0 Å². The van der Waals surface area contributed by atoms with E-state index < -0.39 is 10.9 Å². The second kappa shape index (κ2) is 10.1. The van der Waals surface area contributed by atoms with Gasteiger partial charge in [0.1, 0.15) is 18.1 Å². The molecule has 0 spiro atoms. The number of carbonyl (C=O) groups excluding carboxylic acids is 3. The molecule has 2 amide bonds. The van der Waals surface area contributed by atoms with Crippen LogP contribution in [-0.2, 0) is 20.9 Å². The van der Waals surface area contributed by atoms with Crippen LogP contribution in [0.3, 0.4) is 0 Å². The second-order valence-electron chi connectivity index (χ2n) is 8.79. The standard InChI is InChI=1S/C28H22N2O7/c31-26-24-9-1-2-10-25(24)27(32)29(26)21-7-4-6-19(16-21)28(33)36-17-18-5-3-8-23(15-18)37-22-13-11-20(12-14-22)30(34)35/h1-8,11-16,24-25H,9-10,17H2/t24-,25-/m1/s1. The van der Waals surface area contributed by atoms with Crippen molar-refractivity contribution in [1.82, 2.24) is 0 Å². The number of imide groups is 1. The van der Waals surface area contributed by atoms with Gasteiger partial charge in [-0.05, 0) is 60.9 Å². The molecule has 1 aliphatic heterocycles. The zero-order valence-electron chi connectivity index (χ0n) is 19.6. The highest BCUT2D eigenvalue weighted by atomic mass is 16.6. The van der Waals surface area contributed by atoms with Crippen LogP contribution in [-0.4, -0.2) is 22.7 Å². The van der Waals surface area contributed by atoms with E-state index in [-0.39, 0.29) is 41.5 Å². The van der Waals surface area contributed by atoms with Crippen molar-refractivity contribution in [2.75, 3.05) is 4.90 Å². The molecule has 186 valence electrons. The Balaban J connectivity index is 1.23. The maximum absolute atomic E-state index is 12.9. The first kappa shape index (κ1) is 23.9. The average Bonchev–Trinajstić information content (AvgIpc) is 3.17. The van der Waals surface area contributed by atoms with Gasteiger partial charge in [0, 0.05) is 12.1 Å². The predicted octanol–water partition coefficient (Wildman–Crippen LogP) is 5.20. The van der Waals surface area contributed by atoms with Crippen LogP contribution >= 0.6 is 0 Å². The lowest BCUT2D eigenvalue weighted by atomic mass is 9.85. The van der Waals surface area contributed by atoms with Gasteiger partial charge in [-0.2, -0.15) is 0 Å². The number of fused-ring (bicyclic) bond motifs is 1. The van der Waals surface area contributed by atoms with Gasteiger partial charge >= 0.3 is 5.97 Å². The van der Waals surface area contributed by atoms with Crippen LogP contribution in [0.1, 0.15) is 28.8 Å². The van der Waals surface area contributed by atoms with Crippen molar-refractivity contribution < 1.29 is 28.8 Å². The first-order chi connectivity index (χ1) is 17.9. The molecule has 1 aliphatic carbocycles. The summed E-state index contributed by atoms with van der Waals surface area (Å²) in [5.41, 5.74) is 1.22. The number of amides is 2. The minimum absolute atomic E-state index is 0.0298. The minimum atomic E-state index is -0.596. The molecular weight excluding hydrogens is 476 g/mol. The third kappa shape index (κ3) is 4.97. The molecule has 0 saturated carbocycles. The highest BCUT2D eigenvalue weighted by Gasteiger charge is 2.47. The van der Waals surface area contributed by atoms with Crippen molar-refractivity contribution in [3.05, 3.63) is 106 Å². The van der Waals surface area contributed by atoms with E-state index in [0.29, 0.717) is 35.6 Å². The summed E-state index contributed by atoms with van der Waals surface area (Å²) in [6.07, 6.45) is 4.94. The summed E-state index contributed by atoms with van der Waals surface area (Å²) in [7, 11) is 0. The van der Waals surface area contributed by atoms with Crippen molar-refractivity contribution in [3.63, 3.8) is 0 Å². The lowest BCUT2D eigenvalue weighted by molar-refractivity contribution is -0.384. The van der Waals surface area contributed by atoms with Gasteiger partial charge in [0.15, 0.2) is 0 Å². The number of allylic oxidation sites excluding steroid dienone is 2. The summed E-state index contributed by atoms with van der Waals surface area (Å²) >= 11 is 0. The Morgan fingerprint density at radius 1 is 0.892 bits per heavy atom. The molecule has 3 aromatic carbocycles. The number of hydrogen-bond acceptors (Lipinski definition) is 7. The smallest absolute Gasteiger partial charge is 0.338 e. The summed E-state index contributed by atoms with van der Waals surface area (Å²) in [6, 6.07) is 18.9. The molecule has 0 aromatic heterocycles. The number of carbonyl (C=O) groups is 3. The maximum atomic E-state index is 12.9. The SMILES string of the molecule is O=C(OCc1cccc(Oc2ccc([N+](=O)[O-])cc2)c1)c1cccc(N2C(=O)[C@@H]3CC=CC[C@H]3C2=O)c1. The topological polar surface area (TPSA) is 116 Å². The fourth-order valence-electron chi connectivity index (χ4n) is 4.53. The molecule has 1 fully saturated rings. The summed E-state index contributed by atoms with van der Waals surface area (Å²) in [4.78, 5) is 50.0. The highest BCUT2D eigenvalue weighted by molar-refractivity contribution is 6.22. The van der Waals surface area contributed by atoms with Crippen molar-refractivity contribution in [3.8, 4) is 11.5 Å². The predicted molar refractivity (Wildman–Crippen MR) is 133 cm³/mol. The molecule has 5 rings (SSSR count). The van der Waals surface area contributed by atoms with Gasteiger partial charge in [-0.3, -0.25) is 24.6 Å². The number of nitro groups is 1. The molecule has 37 heavy (non-hydrogen) atoms. The van der Waals surface area contributed by atoms with E-state index in [9.17, 15) is 24.5 Å². The third-order valence-corrected chi connectivity index (χ3v) is 6.40. The molecule has 0 bridgehead atoms. The summed E-state index contributed by atoms with van der Waals surface area (Å²) in [6.45, 7) is -0.0298. The number of nitro benzene ring substituents is 1. The van der Waals surface area contributed by atoms with Crippen molar-refractivity contribution in [1.29, 1.82) is 0 Å². The monoisotopic (exact) mass is 498 g/mol. The van der Waals surface area contributed by atoms with Gasteiger partial charge < -0.3 is 9.47 Å². The van der Waals surface area contributed by atoms with Gasteiger partial charge in [0.25, 0.3) is 5.69 Å². The molecule has 1 heterocycles. The fourth-order valence-corrected chi connectivity index (χ4v) is 4.53. The number of nitrogens with zero attached hydrogens (tertiary/aromatic N) is 2. The lowest BCUT2D eigenvalue weighted by Gasteiger charge is -2.15. The molecular formula is C28H22N2O7. The number of ether oxygens (including phenoxy) is 2. The van der Waals surface area contributed by atoms with Crippen molar-refractivity contribution in [2.45, 2.75) is 19.4 Å². The number of esters is 1. The number of anilines is 1. The zero-order chi connectivity index (χ0) is 25.9. The van der Waals surface area contributed by atoms with E-state index in [0.717, 1.165) is 0 Å². The van der Waals surface area contributed by atoms with Crippen LogP contribution in [0.5, 0.6) is 11.5 Å². The quantitative estimate of drug-likeness (QED) is 0.145. The van der Waals surface area contributed by atoms with Gasteiger partial charge in [0.2, 0.25) is 11.8 Å². The largest absolute Gasteiger partial charge is 0.457 e. The lowest BCUT2D eigenvalue weighted by Crippen LogP contribution is -2.31. The Hall–Kier alpha value is -4.79. The van der Waals surface area contributed by atoms with E-state index in [1.807, 2.05) is 12.2 Å². The van der Waals surface area contributed by atoms with E-state index in [4.69, 9.17) is 9.47 Å². The van der Waals surface area contributed by atoms with Crippen molar-refractivity contribution >= 4 is 29.2 Å². The molecule has 3 aromatic rings. The first-order valence-corrected chi connectivity index (χ1v) is 11.7. The van der Waals surface area contributed by atoms with Crippen molar-refractivity contribution in [2.24, 2.45) is 11.8 Å². The van der Waals surface area contributed by atoms with Crippen LogP contribution in [0, 0.1) is 22.0 Å². The number of benzene rings is 3. The number of non-ortho nitro benzene ring substituents is 1. The first-order valence-electron chi connectivity index (χ1n) is 11.7. The highest BCUT2D eigenvalue weighted by Crippen LogP contribution is 2.37. The maximum Gasteiger partial charge on any atom is 0.338 e. The minimum Gasteiger partial charge on any atom is -0.457 e. The van der Waals surface area contributed by atoms with Crippen LogP contribution in [0.15, 0.2) is 84.9 Å². The zero-order valence-corrected chi connectivity index (χ0v) is 19.6. The summed E-state index contributed by atoms with van der Waals surface area (Å²) < 4.78 is 11.2. The molecule has 1 saturated heterocycles. The number of rotatable bonds is 7. The summed E-state index contributed by atoms with van der Waals surface area (Å²) in [5, 5.41) is 10.8. The normalized spacial score (nSPS) is 18.4. The molecule has 0 N–H and O–H groups in total. The van der Waals surface area contributed by atoms with Gasteiger partial charge in [-0.1, -0.05) is 30.4 Å². The Kier molecular flexibility index (Phi) is 6.51. The molecule has 0 unspecified atom stereocenters. The average molecular weight is 498 g/mol. The van der Waals surface area contributed by atoms with Gasteiger partial charge in [-0.15, -0.1) is 0 Å². The van der Waals surface area contributed by atoms with E-state index in [1.165, 1.54) is 35.2 Å². The summed E-state index contributed by atoms with van der Waals surface area (Å²) in [5.74, 6) is -0.877. The third-order valence-electron chi connectivity index (χ3n) is 6.40. The Labute approximate surface area is 212 Å². The molecule has 9 nitrogen and oxygen atoms in total. The van der Waals surface area contributed by atoms with E-state index in [2.05, 4.69) is 0 Å². The number of hydrogen-bond donors (Lipinski definition) is 0. The fraction of sp³-hybridized carbons (Fsp3) is 0.179. The molecule has 0 radical (unpaired) electrons. The Bertz CT molecular complexity index is 1390. The van der Waals surface area contributed by atoms with E-state index in [1.54, 1.807) is 42.5 Å². The molecule has 2 aliphatic rings. The Morgan fingerprint density at radius 2 is 1.57 bits per heavy atom. The second-order valence-corrected chi connectivity index (χ2v) is 8.79. The van der Waals surface area contributed by atoms with Crippen LogP contribution < -0.4 is 9.64 Å². The van der Waals surface area contributed by atoms with Gasteiger partial charge in [0.05, 0.1) is 28.0 Å². The van der Waals surface area contributed by atoms with Crippen LogP contribution in [0.4, 0.5) is 11.4 Å². The molecule has 2 atom stereocenters.